The summed E-state index contributed by atoms with van der Waals surface area (Å²) in [5.74, 6) is 3.45. The molecule has 0 bridgehead atoms. The van der Waals surface area contributed by atoms with Crippen molar-refractivity contribution in [2.75, 3.05) is 10.6 Å². The topological polar surface area (TPSA) is 84.5 Å². The lowest BCUT2D eigenvalue weighted by atomic mass is 10.0. The molecule has 36 heavy (non-hydrogen) atoms. The molecule has 0 unspecified atom stereocenters. The van der Waals surface area contributed by atoms with Crippen molar-refractivity contribution in [2.45, 2.75) is 52.4 Å². The number of nitrogens with one attached hydrogen (secondary N) is 2. The zero-order chi connectivity index (χ0) is 25.3. The van der Waals surface area contributed by atoms with Crippen LogP contribution in [0.2, 0.25) is 0 Å². The zero-order valence-electron chi connectivity index (χ0n) is 20.8. The Morgan fingerprint density at radius 3 is 1.25 bits per heavy atom. The van der Waals surface area contributed by atoms with Gasteiger partial charge in [-0.15, -0.1) is 0 Å². The van der Waals surface area contributed by atoms with Gasteiger partial charge in [-0.05, 0) is 59.7 Å². The highest BCUT2D eigenvalue weighted by atomic mass is 16.3. The van der Waals surface area contributed by atoms with Crippen LogP contribution in [0.25, 0.3) is 11.1 Å². The fraction of sp³-hybridized carbons (Fsp3) is 0.267. The molecule has 6 heteroatoms. The molecule has 0 aliphatic rings. The summed E-state index contributed by atoms with van der Waals surface area (Å²) < 4.78 is 11.3. The van der Waals surface area contributed by atoms with Crippen LogP contribution in [-0.2, 0) is 35.3 Å². The third kappa shape index (κ3) is 6.98. The minimum atomic E-state index is -0.0462. The zero-order valence-corrected chi connectivity index (χ0v) is 20.8. The van der Waals surface area contributed by atoms with E-state index in [0.29, 0.717) is 25.7 Å². The van der Waals surface area contributed by atoms with Crippen molar-refractivity contribution in [3.63, 3.8) is 0 Å². The maximum absolute atomic E-state index is 12.3. The lowest BCUT2D eigenvalue weighted by Crippen LogP contribution is -2.12. The summed E-state index contributed by atoms with van der Waals surface area (Å²) in [4.78, 5) is 24.6. The molecule has 0 fully saturated rings. The summed E-state index contributed by atoms with van der Waals surface area (Å²) >= 11 is 0. The van der Waals surface area contributed by atoms with E-state index in [4.69, 9.17) is 8.83 Å². The SMILES string of the molecule is CCc1ccc(CCC(=O)Nc2ccc(-c3ccc(NC(=O)CCc4ccc(CC)o4)cc3)cc2)o1. The van der Waals surface area contributed by atoms with Gasteiger partial charge in [-0.25, -0.2) is 0 Å². The number of aryl methyl sites for hydroxylation is 4. The van der Waals surface area contributed by atoms with Crippen LogP contribution < -0.4 is 10.6 Å². The normalized spacial score (nSPS) is 10.8. The van der Waals surface area contributed by atoms with Crippen molar-refractivity contribution in [2.24, 2.45) is 0 Å². The van der Waals surface area contributed by atoms with Gasteiger partial charge in [-0.3, -0.25) is 9.59 Å². The van der Waals surface area contributed by atoms with Gasteiger partial charge < -0.3 is 19.5 Å². The Hall–Kier alpha value is -4.06. The molecule has 0 aliphatic carbocycles. The van der Waals surface area contributed by atoms with Gasteiger partial charge in [0.05, 0.1) is 0 Å². The highest BCUT2D eigenvalue weighted by Gasteiger charge is 2.08. The Morgan fingerprint density at radius 2 is 0.917 bits per heavy atom. The predicted molar refractivity (Wildman–Crippen MR) is 142 cm³/mol. The average molecular weight is 485 g/mol. The Balaban J connectivity index is 1.24. The van der Waals surface area contributed by atoms with Crippen molar-refractivity contribution < 1.29 is 18.4 Å². The number of rotatable bonds is 11. The van der Waals surface area contributed by atoms with Crippen LogP contribution in [0.3, 0.4) is 0 Å². The van der Waals surface area contributed by atoms with E-state index in [-0.39, 0.29) is 11.8 Å². The number of carbonyl (C=O) groups excluding carboxylic acids is 2. The van der Waals surface area contributed by atoms with E-state index >= 15 is 0 Å². The van der Waals surface area contributed by atoms with Crippen molar-refractivity contribution >= 4 is 23.2 Å². The molecule has 2 aromatic carbocycles. The number of furan rings is 2. The van der Waals surface area contributed by atoms with Gasteiger partial charge in [-0.1, -0.05) is 38.1 Å². The molecule has 0 saturated heterocycles. The van der Waals surface area contributed by atoms with E-state index in [2.05, 4.69) is 10.6 Å². The molecule has 2 N–H and O–H groups in total. The number of hydrogen-bond donors (Lipinski definition) is 2. The fourth-order valence-electron chi connectivity index (χ4n) is 3.91. The Bertz CT molecular complexity index is 1180. The maximum Gasteiger partial charge on any atom is 0.224 e. The number of anilines is 2. The van der Waals surface area contributed by atoms with Gasteiger partial charge in [0.1, 0.15) is 23.0 Å². The average Bonchev–Trinajstić information content (AvgIpc) is 3.56. The summed E-state index contributed by atoms with van der Waals surface area (Å²) in [6, 6.07) is 23.2. The van der Waals surface area contributed by atoms with Crippen LogP contribution in [0, 0.1) is 0 Å². The van der Waals surface area contributed by atoms with E-state index in [1.54, 1.807) is 0 Å². The Labute approximate surface area is 211 Å². The molecule has 0 saturated carbocycles. The second-order valence-electron chi connectivity index (χ2n) is 8.69. The van der Waals surface area contributed by atoms with E-state index in [0.717, 1.165) is 58.4 Å². The number of benzene rings is 2. The molecule has 0 atom stereocenters. The van der Waals surface area contributed by atoms with Gasteiger partial charge in [0.25, 0.3) is 0 Å². The van der Waals surface area contributed by atoms with Crippen molar-refractivity contribution in [1.29, 1.82) is 0 Å². The second-order valence-corrected chi connectivity index (χ2v) is 8.69. The maximum atomic E-state index is 12.3. The lowest BCUT2D eigenvalue weighted by Gasteiger charge is -2.08. The van der Waals surface area contributed by atoms with Crippen LogP contribution in [0.4, 0.5) is 11.4 Å². The molecular weight excluding hydrogens is 452 g/mol. The van der Waals surface area contributed by atoms with Gasteiger partial charge in [-0.2, -0.15) is 0 Å². The number of carbonyl (C=O) groups is 2. The van der Waals surface area contributed by atoms with E-state index in [1.165, 1.54) is 0 Å². The summed E-state index contributed by atoms with van der Waals surface area (Å²) in [5.41, 5.74) is 3.56. The first-order chi connectivity index (χ1) is 17.5. The first-order valence-corrected chi connectivity index (χ1v) is 12.5. The summed E-state index contributed by atoms with van der Waals surface area (Å²) in [6.45, 7) is 4.08. The van der Waals surface area contributed by atoms with Gasteiger partial charge in [0.15, 0.2) is 0 Å². The van der Waals surface area contributed by atoms with Gasteiger partial charge in [0, 0.05) is 49.9 Å². The summed E-state index contributed by atoms with van der Waals surface area (Å²) in [6.07, 6.45) is 3.59. The molecule has 2 aromatic heterocycles. The van der Waals surface area contributed by atoms with Crippen molar-refractivity contribution in [3.05, 3.63) is 95.8 Å². The molecule has 6 nitrogen and oxygen atoms in total. The predicted octanol–water partition coefficient (Wildman–Crippen LogP) is 6.81. The standard InChI is InChI=1S/C30H32N2O4/c1-3-25-13-15-27(35-25)17-19-29(33)31-23-9-5-21(6-10-23)22-7-11-24(12-8-22)32-30(34)20-18-28-16-14-26(4-2)36-28/h5-16H,3-4,17-20H2,1-2H3,(H,31,33)(H,32,34). The van der Waals surface area contributed by atoms with Crippen LogP contribution >= 0.6 is 0 Å². The van der Waals surface area contributed by atoms with E-state index in [9.17, 15) is 9.59 Å². The second kappa shape index (κ2) is 12.1. The van der Waals surface area contributed by atoms with Crippen LogP contribution in [-0.4, -0.2) is 11.8 Å². The Morgan fingerprint density at radius 1 is 0.556 bits per heavy atom. The van der Waals surface area contributed by atoms with E-state index < -0.39 is 0 Å². The van der Waals surface area contributed by atoms with Crippen LogP contribution in [0.15, 0.2) is 81.6 Å². The molecule has 2 heterocycles. The Kier molecular flexibility index (Phi) is 8.40. The summed E-state index contributed by atoms with van der Waals surface area (Å²) in [5, 5.41) is 5.87. The van der Waals surface area contributed by atoms with Crippen LogP contribution in [0.1, 0.15) is 49.7 Å². The fourth-order valence-corrected chi connectivity index (χ4v) is 3.91. The molecule has 2 amide bonds. The first-order valence-electron chi connectivity index (χ1n) is 12.5. The lowest BCUT2D eigenvalue weighted by molar-refractivity contribution is -0.117. The highest BCUT2D eigenvalue weighted by molar-refractivity contribution is 5.92. The number of amides is 2. The minimum Gasteiger partial charge on any atom is -0.466 e. The van der Waals surface area contributed by atoms with Gasteiger partial charge >= 0.3 is 0 Å². The van der Waals surface area contributed by atoms with E-state index in [1.807, 2.05) is 86.6 Å². The first kappa shape index (κ1) is 25.0. The monoisotopic (exact) mass is 484 g/mol. The highest BCUT2D eigenvalue weighted by Crippen LogP contribution is 2.24. The molecule has 0 radical (unpaired) electrons. The van der Waals surface area contributed by atoms with Gasteiger partial charge in [0.2, 0.25) is 11.8 Å². The summed E-state index contributed by atoms with van der Waals surface area (Å²) in [7, 11) is 0. The number of hydrogen-bond acceptors (Lipinski definition) is 4. The molecule has 0 aliphatic heterocycles. The molecular formula is C30H32N2O4. The van der Waals surface area contributed by atoms with Crippen molar-refractivity contribution in [3.8, 4) is 11.1 Å². The molecule has 4 aromatic rings. The molecule has 0 spiro atoms. The smallest absolute Gasteiger partial charge is 0.224 e. The molecule has 4 rings (SSSR count). The molecule has 186 valence electrons. The third-order valence-corrected chi connectivity index (χ3v) is 6.00. The van der Waals surface area contributed by atoms with Crippen LogP contribution in [0.5, 0.6) is 0 Å². The third-order valence-electron chi connectivity index (χ3n) is 6.00. The van der Waals surface area contributed by atoms with Crippen molar-refractivity contribution in [1.82, 2.24) is 0 Å². The minimum absolute atomic E-state index is 0.0462. The largest absolute Gasteiger partial charge is 0.466 e. The quantitative estimate of drug-likeness (QED) is 0.245.